The fourth-order valence-corrected chi connectivity index (χ4v) is 3.42. The number of rotatable bonds is 2. The second-order valence-corrected chi connectivity index (χ2v) is 5.47. The number of benzene rings is 1. The summed E-state index contributed by atoms with van der Waals surface area (Å²) in [6.07, 6.45) is 6.89. The van der Waals surface area contributed by atoms with E-state index in [1.165, 1.54) is 32.1 Å². The van der Waals surface area contributed by atoms with Crippen molar-refractivity contribution in [2.75, 3.05) is 0 Å². The van der Waals surface area contributed by atoms with Gasteiger partial charge in [0.2, 0.25) is 0 Å². The highest BCUT2D eigenvalue weighted by atomic mass is 15.0. The van der Waals surface area contributed by atoms with Gasteiger partial charge in [0.1, 0.15) is 0 Å². The van der Waals surface area contributed by atoms with Crippen molar-refractivity contribution in [3.8, 4) is 0 Å². The smallest absolute Gasteiger partial charge is 0.0331 e. The molecule has 1 nitrogen and oxygen atoms in total. The Labute approximate surface area is 98.3 Å². The lowest BCUT2D eigenvalue weighted by molar-refractivity contribution is 0.426. The molecule has 1 saturated carbocycles. The summed E-state index contributed by atoms with van der Waals surface area (Å²) in [5.41, 5.74) is 3.12. The quantitative estimate of drug-likeness (QED) is 0.792. The van der Waals surface area contributed by atoms with E-state index in [1.807, 2.05) is 0 Å². The van der Waals surface area contributed by atoms with Gasteiger partial charge in [-0.3, -0.25) is 0 Å². The zero-order valence-corrected chi connectivity index (χ0v) is 10.1. The largest absolute Gasteiger partial charge is 0.307 e. The van der Waals surface area contributed by atoms with Crippen molar-refractivity contribution in [2.24, 2.45) is 0 Å². The fraction of sp³-hybridized carbons (Fsp3) is 0.600. The molecule has 1 aromatic carbocycles. The van der Waals surface area contributed by atoms with Crippen LogP contribution in [0.3, 0.4) is 0 Å². The molecular weight excluding hydrogens is 194 g/mol. The third-order valence-electron chi connectivity index (χ3n) is 4.28. The normalized spacial score (nSPS) is 29.6. The van der Waals surface area contributed by atoms with Crippen molar-refractivity contribution in [1.29, 1.82) is 0 Å². The lowest BCUT2D eigenvalue weighted by Gasteiger charge is -2.19. The fourth-order valence-electron chi connectivity index (χ4n) is 3.42. The molecule has 2 aliphatic carbocycles. The van der Waals surface area contributed by atoms with Gasteiger partial charge in [-0.25, -0.2) is 0 Å². The van der Waals surface area contributed by atoms with Crippen molar-refractivity contribution in [1.82, 2.24) is 5.32 Å². The highest BCUT2D eigenvalue weighted by Crippen LogP contribution is 2.40. The van der Waals surface area contributed by atoms with Crippen LogP contribution in [-0.4, -0.2) is 6.04 Å². The van der Waals surface area contributed by atoms with Gasteiger partial charge in [-0.2, -0.15) is 0 Å². The molecule has 2 unspecified atom stereocenters. The molecule has 1 heteroatoms. The van der Waals surface area contributed by atoms with Crippen LogP contribution < -0.4 is 5.32 Å². The standard InChI is InChI=1S/C15H21N/c1-11-10-15(16-12-6-2-3-7-12)14-9-5-4-8-13(11)14/h4-5,8-9,11-12,15-16H,2-3,6-7,10H2,1H3. The minimum absolute atomic E-state index is 0.620. The first-order chi connectivity index (χ1) is 7.84. The van der Waals surface area contributed by atoms with Gasteiger partial charge in [0, 0.05) is 12.1 Å². The predicted molar refractivity (Wildman–Crippen MR) is 67.6 cm³/mol. The van der Waals surface area contributed by atoms with Crippen LogP contribution in [0.5, 0.6) is 0 Å². The zero-order chi connectivity index (χ0) is 11.0. The molecule has 0 spiro atoms. The highest BCUT2D eigenvalue weighted by molar-refractivity contribution is 5.37. The molecule has 2 atom stereocenters. The van der Waals surface area contributed by atoms with Gasteiger partial charge in [0.15, 0.2) is 0 Å². The minimum atomic E-state index is 0.620. The van der Waals surface area contributed by atoms with E-state index in [4.69, 9.17) is 0 Å². The molecule has 0 radical (unpaired) electrons. The van der Waals surface area contributed by atoms with E-state index >= 15 is 0 Å². The SMILES string of the molecule is CC1CC(NC2CCCC2)c2ccccc21. The van der Waals surface area contributed by atoms with E-state index in [1.54, 1.807) is 11.1 Å². The van der Waals surface area contributed by atoms with Gasteiger partial charge < -0.3 is 5.32 Å². The van der Waals surface area contributed by atoms with Gasteiger partial charge in [0.25, 0.3) is 0 Å². The maximum atomic E-state index is 3.86. The first kappa shape index (κ1) is 10.3. The predicted octanol–water partition coefficient (Wildman–Crippen LogP) is 3.77. The lowest BCUT2D eigenvalue weighted by atomic mass is 10.0. The van der Waals surface area contributed by atoms with Crippen LogP contribution in [0.15, 0.2) is 24.3 Å². The average molecular weight is 215 g/mol. The van der Waals surface area contributed by atoms with E-state index in [0.717, 1.165) is 12.0 Å². The summed E-state index contributed by atoms with van der Waals surface area (Å²) in [6.45, 7) is 2.36. The summed E-state index contributed by atoms with van der Waals surface area (Å²) in [6, 6.07) is 10.4. The van der Waals surface area contributed by atoms with Gasteiger partial charge >= 0.3 is 0 Å². The van der Waals surface area contributed by atoms with Crippen molar-refractivity contribution in [3.63, 3.8) is 0 Å². The molecule has 0 aliphatic heterocycles. The average Bonchev–Trinajstić information content (AvgIpc) is 2.90. The summed E-state index contributed by atoms with van der Waals surface area (Å²) in [4.78, 5) is 0. The first-order valence-electron chi connectivity index (χ1n) is 6.69. The summed E-state index contributed by atoms with van der Waals surface area (Å²) < 4.78 is 0. The Morgan fingerprint density at radius 3 is 2.50 bits per heavy atom. The van der Waals surface area contributed by atoms with Crippen LogP contribution in [0.1, 0.15) is 62.1 Å². The van der Waals surface area contributed by atoms with Gasteiger partial charge in [-0.15, -0.1) is 0 Å². The molecule has 1 N–H and O–H groups in total. The Balaban J connectivity index is 1.77. The molecular formula is C15H21N. The second-order valence-electron chi connectivity index (χ2n) is 5.47. The third kappa shape index (κ3) is 1.78. The van der Waals surface area contributed by atoms with E-state index < -0.39 is 0 Å². The molecule has 0 saturated heterocycles. The maximum Gasteiger partial charge on any atom is 0.0331 e. The van der Waals surface area contributed by atoms with Gasteiger partial charge in [-0.05, 0) is 36.3 Å². The molecule has 0 heterocycles. The third-order valence-corrected chi connectivity index (χ3v) is 4.28. The van der Waals surface area contributed by atoms with E-state index in [0.29, 0.717) is 6.04 Å². The first-order valence-corrected chi connectivity index (χ1v) is 6.69. The van der Waals surface area contributed by atoms with Crippen molar-refractivity contribution in [3.05, 3.63) is 35.4 Å². The van der Waals surface area contributed by atoms with E-state index in [-0.39, 0.29) is 0 Å². The van der Waals surface area contributed by atoms with Crippen LogP contribution >= 0.6 is 0 Å². The molecule has 0 amide bonds. The topological polar surface area (TPSA) is 12.0 Å². The molecule has 16 heavy (non-hydrogen) atoms. The van der Waals surface area contributed by atoms with Crippen LogP contribution in [-0.2, 0) is 0 Å². The molecule has 1 aromatic rings. The van der Waals surface area contributed by atoms with Crippen LogP contribution in [0, 0.1) is 0 Å². The van der Waals surface area contributed by atoms with Gasteiger partial charge in [-0.1, -0.05) is 44.0 Å². The summed E-state index contributed by atoms with van der Waals surface area (Å²) in [5, 5.41) is 3.86. The zero-order valence-electron chi connectivity index (χ0n) is 10.1. The Hall–Kier alpha value is -0.820. The molecule has 1 fully saturated rings. The Kier molecular flexibility index (Phi) is 2.72. The molecule has 0 aromatic heterocycles. The lowest BCUT2D eigenvalue weighted by Crippen LogP contribution is -2.29. The minimum Gasteiger partial charge on any atom is -0.307 e. The molecule has 3 rings (SSSR count). The Morgan fingerprint density at radius 1 is 1.06 bits per heavy atom. The van der Waals surface area contributed by atoms with E-state index in [2.05, 4.69) is 36.5 Å². The number of hydrogen-bond donors (Lipinski definition) is 1. The van der Waals surface area contributed by atoms with Crippen LogP contribution in [0.25, 0.3) is 0 Å². The van der Waals surface area contributed by atoms with Gasteiger partial charge in [0.05, 0.1) is 0 Å². The van der Waals surface area contributed by atoms with Crippen LogP contribution in [0.2, 0.25) is 0 Å². The summed E-state index contributed by atoms with van der Waals surface area (Å²) >= 11 is 0. The number of hydrogen-bond acceptors (Lipinski definition) is 1. The summed E-state index contributed by atoms with van der Waals surface area (Å²) in [5.74, 6) is 0.732. The maximum absolute atomic E-state index is 3.86. The van der Waals surface area contributed by atoms with Crippen molar-refractivity contribution < 1.29 is 0 Å². The molecule has 0 bridgehead atoms. The summed E-state index contributed by atoms with van der Waals surface area (Å²) in [7, 11) is 0. The second kappa shape index (κ2) is 4.21. The van der Waals surface area contributed by atoms with Crippen LogP contribution in [0.4, 0.5) is 0 Å². The monoisotopic (exact) mass is 215 g/mol. The molecule has 2 aliphatic rings. The molecule has 86 valence electrons. The van der Waals surface area contributed by atoms with E-state index in [9.17, 15) is 0 Å². The van der Waals surface area contributed by atoms with Crippen molar-refractivity contribution in [2.45, 2.75) is 57.0 Å². The number of nitrogens with one attached hydrogen (secondary N) is 1. The Bertz CT molecular complexity index is 365. The highest BCUT2D eigenvalue weighted by Gasteiger charge is 2.29. The number of fused-ring (bicyclic) bond motifs is 1. The Morgan fingerprint density at radius 2 is 1.75 bits per heavy atom. The van der Waals surface area contributed by atoms with Crippen molar-refractivity contribution >= 4 is 0 Å².